The van der Waals surface area contributed by atoms with Gasteiger partial charge in [0.15, 0.2) is 9.84 Å². The van der Waals surface area contributed by atoms with Gasteiger partial charge in [-0.1, -0.05) is 17.7 Å². The first-order valence-electron chi connectivity index (χ1n) is 6.64. The summed E-state index contributed by atoms with van der Waals surface area (Å²) in [5, 5.41) is 3.40. The van der Waals surface area contributed by atoms with E-state index in [0.29, 0.717) is 17.1 Å². The predicted molar refractivity (Wildman–Crippen MR) is 84.2 cm³/mol. The van der Waals surface area contributed by atoms with Gasteiger partial charge in [-0.25, -0.2) is 8.42 Å². The lowest BCUT2D eigenvalue weighted by Crippen LogP contribution is -2.42. The van der Waals surface area contributed by atoms with E-state index < -0.39 is 15.9 Å². The van der Waals surface area contributed by atoms with Crippen molar-refractivity contribution in [2.75, 3.05) is 19.8 Å². The highest BCUT2D eigenvalue weighted by molar-refractivity contribution is 7.90. The number of amides is 1. The zero-order chi connectivity index (χ0) is 16.2. The summed E-state index contributed by atoms with van der Waals surface area (Å²) in [6.45, 7) is 4.46. The number of halogens is 1. The quantitative estimate of drug-likeness (QED) is 0.861. The lowest BCUT2D eigenvalue weighted by Gasteiger charge is -2.21. The second kappa shape index (κ2) is 7.24. The molecule has 0 saturated heterocycles. The number of nitrogens with one attached hydrogen (secondary N) is 1. The summed E-state index contributed by atoms with van der Waals surface area (Å²) in [6, 6.07) is 4.33. The van der Waals surface area contributed by atoms with Gasteiger partial charge in [0.05, 0.1) is 10.9 Å². The third kappa shape index (κ3) is 4.69. The molecule has 1 aromatic carbocycles. The average Bonchev–Trinajstić information content (AvgIpc) is 2.42. The summed E-state index contributed by atoms with van der Waals surface area (Å²) in [5.41, 5.74) is 0.487. The van der Waals surface area contributed by atoms with Crippen molar-refractivity contribution >= 4 is 27.3 Å². The maximum Gasteiger partial charge on any atom is 0.239 e. The molecule has 0 saturated carbocycles. The topological polar surface area (TPSA) is 66.5 Å². The van der Waals surface area contributed by atoms with Crippen LogP contribution in [0, 0.1) is 0 Å². The van der Waals surface area contributed by atoms with Gasteiger partial charge in [-0.2, -0.15) is 0 Å². The van der Waals surface area contributed by atoms with E-state index in [1.165, 1.54) is 6.07 Å². The molecule has 0 aromatic heterocycles. The van der Waals surface area contributed by atoms with E-state index in [0.717, 1.165) is 6.26 Å². The summed E-state index contributed by atoms with van der Waals surface area (Å²) in [5.74, 6) is -0.0505. The van der Waals surface area contributed by atoms with Crippen molar-refractivity contribution in [3.63, 3.8) is 0 Å². The summed E-state index contributed by atoms with van der Waals surface area (Å²) in [4.78, 5) is 13.8. The van der Waals surface area contributed by atoms with Gasteiger partial charge in [-0.05, 0) is 26.0 Å². The number of likely N-dealkylation sites (N-methyl/N-ethyl adjacent to an activating group) is 1. The van der Waals surface area contributed by atoms with Crippen LogP contribution in [0.2, 0.25) is 5.02 Å². The molecule has 1 unspecified atom stereocenters. The molecule has 0 spiro atoms. The van der Waals surface area contributed by atoms with Gasteiger partial charge in [-0.3, -0.25) is 4.79 Å². The Balaban J connectivity index is 2.92. The lowest BCUT2D eigenvalue weighted by molar-refractivity contribution is -0.131. The van der Waals surface area contributed by atoms with E-state index in [1.54, 1.807) is 31.0 Å². The largest absolute Gasteiger partial charge is 0.345 e. The van der Waals surface area contributed by atoms with Crippen LogP contribution in [0.3, 0.4) is 0 Å². The van der Waals surface area contributed by atoms with Gasteiger partial charge in [-0.15, -0.1) is 0 Å². The molecule has 0 aliphatic rings. The minimum absolute atomic E-state index is 0.0505. The molecule has 1 N–H and O–H groups in total. The first-order chi connectivity index (χ1) is 9.68. The SMILES string of the molecule is CCN(C)C(=O)C(C)NCc1c(Cl)cccc1S(C)(=O)=O. The van der Waals surface area contributed by atoms with Gasteiger partial charge in [0.1, 0.15) is 0 Å². The molecule has 1 atom stereocenters. The molecule has 0 aliphatic carbocycles. The Kier molecular flexibility index (Phi) is 6.19. The second-order valence-electron chi connectivity index (χ2n) is 4.94. The Labute approximate surface area is 131 Å². The van der Waals surface area contributed by atoms with Gasteiger partial charge >= 0.3 is 0 Å². The third-order valence-electron chi connectivity index (χ3n) is 3.28. The maximum atomic E-state index is 12.0. The highest BCUT2D eigenvalue weighted by Crippen LogP contribution is 2.24. The van der Waals surface area contributed by atoms with Crippen LogP contribution < -0.4 is 5.32 Å². The molecule has 0 radical (unpaired) electrons. The maximum absolute atomic E-state index is 12.0. The van der Waals surface area contributed by atoms with Gasteiger partial charge in [0.2, 0.25) is 5.91 Å². The van der Waals surface area contributed by atoms with Crippen LogP contribution in [0.1, 0.15) is 19.4 Å². The number of benzene rings is 1. The summed E-state index contributed by atoms with van der Waals surface area (Å²) in [7, 11) is -1.64. The highest BCUT2D eigenvalue weighted by Gasteiger charge is 2.19. The lowest BCUT2D eigenvalue weighted by atomic mass is 10.2. The molecule has 1 rings (SSSR count). The van der Waals surface area contributed by atoms with Crippen LogP contribution in [-0.4, -0.2) is 45.1 Å². The van der Waals surface area contributed by atoms with Crippen molar-refractivity contribution in [2.24, 2.45) is 0 Å². The molecule has 1 aromatic rings. The smallest absolute Gasteiger partial charge is 0.239 e. The molecule has 21 heavy (non-hydrogen) atoms. The van der Waals surface area contributed by atoms with Gasteiger partial charge in [0, 0.05) is 37.0 Å². The van der Waals surface area contributed by atoms with E-state index in [2.05, 4.69) is 5.32 Å². The fraction of sp³-hybridized carbons (Fsp3) is 0.500. The van der Waals surface area contributed by atoms with Crippen LogP contribution in [-0.2, 0) is 21.2 Å². The Bertz CT molecular complexity index is 617. The molecule has 7 heteroatoms. The Morgan fingerprint density at radius 1 is 1.43 bits per heavy atom. The van der Waals surface area contributed by atoms with E-state index >= 15 is 0 Å². The molecular weight excluding hydrogens is 312 g/mol. The van der Waals surface area contributed by atoms with E-state index in [4.69, 9.17) is 11.6 Å². The fourth-order valence-corrected chi connectivity index (χ4v) is 3.14. The number of hydrogen-bond acceptors (Lipinski definition) is 4. The second-order valence-corrected chi connectivity index (χ2v) is 7.34. The summed E-state index contributed by atoms with van der Waals surface area (Å²) in [6.07, 6.45) is 1.14. The first-order valence-corrected chi connectivity index (χ1v) is 8.91. The fourth-order valence-electron chi connectivity index (χ4n) is 1.89. The standard InChI is InChI=1S/C14H21ClN2O3S/c1-5-17(3)14(18)10(2)16-9-11-12(15)7-6-8-13(11)21(4,19)20/h6-8,10,16H,5,9H2,1-4H3. The molecule has 118 valence electrons. The van der Waals surface area contributed by atoms with E-state index in [1.807, 2.05) is 6.92 Å². The zero-order valence-electron chi connectivity index (χ0n) is 12.7. The minimum Gasteiger partial charge on any atom is -0.345 e. The molecule has 0 aliphatic heterocycles. The Hall–Kier alpha value is -1.11. The summed E-state index contributed by atoms with van der Waals surface area (Å²) < 4.78 is 23.6. The molecule has 0 fully saturated rings. The van der Waals surface area contributed by atoms with Crippen molar-refractivity contribution in [1.29, 1.82) is 0 Å². The van der Waals surface area contributed by atoms with Crippen LogP contribution in [0.5, 0.6) is 0 Å². The molecule has 0 bridgehead atoms. The van der Waals surface area contributed by atoms with Crippen molar-refractivity contribution < 1.29 is 13.2 Å². The van der Waals surface area contributed by atoms with Crippen LogP contribution in [0.4, 0.5) is 0 Å². The highest BCUT2D eigenvalue weighted by atomic mass is 35.5. The van der Waals surface area contributed by atoms with Crippen LogP contribution >= 0.6 is 11.6 Å². The van der Waals surface area contributed by atoms with E-state index in [9.17, 15) is 13.2 Å². The first kappa shape index (κ1) is 17.9. The number of hydrogen-bond donors (Lipinski definition) is 1. The van der Waals surface area contributed by atoms with Crippen LogP contribution in [0.25, 0.3) is 0 Å². The zero-order valence-corrected chi connectivity index (χ0v) is 14.3. The van der Waals surface area contributed by atoms with Crippen molar-refractivity contribution in [2.45, 2.75) is 31.3 Å². The molecule has 1 amide bonds. The van der Waals surface area contributed by atoms with Crippen molar-refractivity contribution in [3.05, 3.63) is 28.8 Å². The molecule has 0 heterocycles. The Morgan fingerprint density at radius 2 is 2.05 bits per heavy atom. The molecular formula is C14H21ClN2O3S. The predicted octanol–water partition coefficient (Wildman–Crippen LogP) is 1.70. The normalized spacial score (nSPS) is 13.0. The summed E-state index contributed by atoms with van der Waals surface area (Å²) >= 11 is 6.09. The molecule has 5 nitrogen and oxygen atoms in total. The number of nitrogens with zero attached hydrogens (tertiary/aromatic N) is 1. The number of sulfone groups is 1. The minimum atomic E-state index is -3.36. The monoisotopic (exact) mass is 332 g/mol. The Morgan fingerprint density at radius 3 is 2.57 bits per heavy atom. The van der Waals surface area contributed by atoms with Gasteiger partial charge in [0.25, 0.3) is 0 Å². The number of rotatable bonds is 6. The van der Waals surface area contributed by atoms with Crippen molar-refractivity contribution in [3.8, 4) is 0 Å². The third-order valence-corrected chi connectivity index (χ3v) is 4.82. The van der Waals surface area contributed by atoms with Crippen LogP contribution in [0.15, 0.2) is 23.1 Å². The average molecular weight is 333 g/mol. The number of carbonyl (C=O) groups is 1. The number of carbonyl (C=O) groups excluding carboxylic acids is 1. The van der Waals surface area contributed by atoms with Crippen molar-refractivity contribution in [1.82, 2.24) is 10.2 Å². The van der Waals surface area contributed by atoms with Gasteiger partial charge < -0.3 is 10.2 Å². The van der Waals surface area contributed by atoms with E-state index in [-0.39, 0.29) is 17.3 Å².